The summed E-state index contributed by atoms with van der Waals surface area (Å²) in [5.74, 6) is -1.87. The molecule has 0 saturated heterocycles. The first-order valence-corrected chi connectivity index (χ1v) is 5.63. The third kappa shape index (κ3) is 3.09. The molecular formula is C14H9FN2O3. The number of carbonyl (C=O) groups is 1. The Labute approximate surface area is 113 Å². The Morgan fingerprint density at radius 2 is 2.25 bits per heavy atom. The number of nitrogens with zero attached hydrogens (tertiary/aromatic N) is 2. The molecule has 2 rings (SSSR count). The van der Waals surface area contributed by atoms with Crippen molar-refractivity contribution >= 4 is 5.97 Å². The Hall–Kier alpha value is -2.94. The maximum Gasteiger partial charge on any atom is 0.307 e. The summed E-state index contributed by atoms with van der Waals surface area (Å²) in [6.07, 6.45) is 1.15. The first-order chi connectivity index (χ1) is 9.60. The van der Waals surface area contributed by atoms with Crippen LogP contribution >= 0.6 is 0 Å². The summed E-state index contributed by atoms with van der Waals surface area (Å²) < 4.78 is 19.0. The van der Waals surface area contributed by atoms with E-state index < -0.39 is 11.8 Å². The number of pyridine rings is 1. The predicted molar refractivity (Wildman–Crippen MR) is 66.8 cm³/mol. The molecule has 1 heterocycles. The number of hydrogen-bond acceptors (Lipinski definition) is 4. The second-order valence-electron chi connectivity index (χ2n) is 3.91. The van der Waals surface area contributed by atoms with Crippen molar-refractivity contribution < 1.29 is 19.0 Å². The Kier molecular flexibility index (Phi) is 3.91. The van der Waals surface area contributed by atoms with E-state index in [2.05, 4.69) is 4.98 Å². The minimum absolute atomic E-state index is 0.000107. The smallest absolute Gasteiger partial charge is 0.307 e. The average molecular weight is 272 g/mol. The van der Waals surface area contributed by atoms with Crippen LogP contribution in [0.5, 0.6) is 11.6 Å². The van der Waals surface area contributed by atoms with Crippen LogP contribution in [0.2, 0.25) is 0 Å². The van der Waals surface area contributed by atoms with E-state index in [1.807, 2.05) is 6.07 Å². The van der Waals surface area contributed by atoms with Gasteiger partial charge < -0.3 is 9.84 Å². The molecule has 0 aliphatic rings. The summed E-state index contributed by atoms with van der Waals surface area (Å²) in [5.41, 5.74) is 0.505. The van der Waals surface area contributed by atoms with Crippen LogP contribution in [0.3, 0.4) is 0 Å². The molecule has 6 heteroatoms. The van der Waals surface area contributed by atoms with Gasteiger partial charge in [-0.3, -0.25) is 4.79 Å². The van der Waals surface area contributed by atoms with Crippen molar-refractivity contribution in [1.29, 1.82) is 5.26 Å². The number of benzene rings is 1. The van der Waals surface area contributed by atoms with Gasteiger partial charge in [-0.1, -0.05) is 6.07 Å². The summed E-state index contributed by atoms with van der Waals surface area (Å²) in [7, 11) is 0. The highest BCUT2D eigenvalue weighted by Gasteiger charge is 2.11. The highest BCUT2D eigenvalue weighted by molar-refractivity contribution is 5.70. The van der Waals surface area contributed by atoms with Crippen molar-refractivity contribution in [2.75, 3.05) is 0 Å². The molecule has 0 aliphatic carbocycles. The van der Waals surface area contributed by atoms with Crippen LogP contribution in [0.25, 0.3) is 0 Å². The lowest BCUT2D eigenvalue weighted by Crippen LogP contribution is -2.01. The Morgan fingerprint density at radius 1 is 1.45 bits per heavy atom. The molecule has 20 heavy (non-hydrogen) atoms. The first-order valence-electron chi connectivity index (χ1n) is 5.63. The molecule has 0 unspecified atom stereocenters. The van der Waals surface area contributed by atoms with Gasteiger partial charge >= 0.3 is 5.97 Å². The van der Waals surface area contributed by atoms with Crippen molar-refractivity contribution in [3.8, 4) is 17.7 Å². The minimum atomic E-state index is -1.05. The quantitative estimate of drug-likeness (QED) is 0.924. The number of ether oxygens (including phenoxy) is 1. The number of carboxylic acids is 1. The van der Waals surface area contributed by atoms with Crippen LogP contribution in [-0.4, -0.2) is 16.1 Å². The number of halogens is 1. The van der Waals surface area contributed by atoms with Crippen LogP contribution in [0, 0.1) is 17.1 Å². The van der Waals surface area contributed by atoms with Crippen molar-refractivity contribution in [3.05, 3.63) is 53.5 Å². The largest absolute Gasteiger partial charge is 0.481 e. The summed E-state index contributed by atoms with van der Waals surface area (Å²) in [5, 5.41) is 17.5. The van der Waals surface area contributed by atoms with Crippen molar-refractivity contribution in [2.45, 2.75) is 6.42 Å². The molecule has 5 nitrogen and oxygen atoms in total. The van der Waals surface area contributed by atoms with Crippen LogP contribution in [0.1, 0.15) is 11.1 Å². The fourth-order valence-electron chi connectivity index (χ4n) is 1.57. The van der Waals surface area contributed by atoms with Crippen LogP contribution in [-0.2, 0) is 11.2 Å². The SMILES string of the molecule is N#Cc1cccnc1Oc1ccc(CC(=O)O)cc1F. The number of rotatable bonds is 4. The molecule has 100 valence electrons. The molecule has 0 aliphatic heterocycles. The van der Waals surface area contributed by atoms with E-state index in [1.54, 1.807) is 6.07 Å². The summed E-state index contributed by atoms with van der Waals surface area (Å²) in [6, 6.07) is 8.79. The highest BCUT2D eigenvalue weighted by atomic mass is 19.1. The number of aromatic nitrogens is 1. The average Bonchev–Trinajstić information content (AvgIpc) is 2.42. The topological polar surface area (TPSA) is 83.2 Å². The molecule has 0 radical (unpaired) electrons. The van der Waals surface area contributed by atoms with E-state index in [1.165, 1.54) is 24.4 Å². The predicted octanol–water partition coefficient (Wildman–Crippen LogP) is 2.51. The van der Waals surface area contributed by atoms with Gasteiger partial charge in [0.25, 0.3) is 0 Å². The molecule has 2 aromatic rings. The van der Waals surface area contributed by atoms with Gasteiger partial charge in [0, 0.05) is 6.20 Å². The second-order valence-corrected chi connectivity index (χ2v) is 3.91. The Morgan fingerprint density at radius 3 is 2.90 bits per heavy atom. The minimum Gasteiger partial charge on any atom is -0.481 e. The summed E-state index contributed by atoms with van der Waals surface area (Å²) >= 11 is 0. The van der Waals surface area contributed by atoms with Crippen LogP contribution < -0.4 is 4.74 Å². The zero-order valence-corrected chi connectivity index (χ0v) is 10.2. The van der Waals surface area contributed by atoms with Crippen LogP contribution in [0.15, 0.2) is 36.5 Å². The molecule has 1 aromatic carbocycles. The maximum atomic E-state index is 13.8. The molecule has 0 bridgehead atoms. The van der Waals surface area contributed by atoms with Gasteiger partial charge in [0.2, 0.25) is 5.88 Å². The monoisotopic (exact) mass is 272 g/mol. The molecule has 1 N–H and O–H groups in total. The summed E-state index contributed by atoms with van der Waals surface area (Å²) in [6.45, 7) is 0. The van der Waals surface area contributed by atoms with E-state index in [4.69, 9.17) is 15.1 Å². The molecule has 0 amide bonds. The standard InChI is InChI=1S/C14H9FN2O3/c15-11-6-9(7-13(18)19)3-4-12(11)20-14-10(8-16)2-1-5-17-14/h1-6H,7H2,(H,18,19). The zero-order valence-electron chi connectivity index (χ0n) is 10.2. The van der Waals surface area contributed by atoms with Crippen molar-refractivity contribution in [2.24, 2.45) is 0 Å². The number of aliphatic carboxylic acids is 1. The summed E-state index contributed by atoms with van der Waals surface area (Å²) in [4.78, 5) is 14.4. The Balaban J connectivity index is 2.26. The van der Waals surface area contributed by atoms with Crippen LogP contribution in [0.4, 0.5) is 4.39 Å². The van der Waals surface area contributed by atoms with E-state index in [0.29, 0.717) is 5.56 Å². The Bertz CT molecular complexity index is 695. The highest BCUT2D eigenvalue weighted by Crippen LogP contribution is 2.26. The lowest BCUT2D eigenvalue weighted by atomic mass is 10.1. The van der Waals surface area contributed by atoms with E-state index >= 15 is 0 Å². The maximum absolute atomic E-state index is 13.8. The van der Waals surface area contributed by atoms with E-state index in [-0.39, 0.29) is 23.6 Å². The number of hydrogen-bond donors (Lipinski definition) is 1. The third-order valence-electron chi connectivity index (χ3n) is 2.45. The van der Waals surface area contributed by atoms with Gasteiger partial charge in [-0.2, -0.15) is 5.26 Å². The van der Waals surface area contributed by atoms with Gasteiger partial charge in [-0.05, 0) is 29.8 Å². The van der Waals surface area contributed by atoms with Gasteiger partial charge in [0.05, 0.1) is 6.42 Å². The second kappa shape index (κ2) is 5.80. The lowest BCUT2D eigenvalue weighted by Gasteiger charge is -2.07. The molecular weight excluding hydrogens is 263 g/mol. The fourth-order valence-corrected chi connectivity index (χ4v) is 1.57. The lowest BCUT2D eigenvalue weighted by molar-refractivity contribution is -0.136. The van der Waals surface area contributed by atoms with Gasteiger partial charge in [0.1, 0.15) is 11.6 Å². The molecule has 1 aromatic heterocycles. The molecule has 0 fully saturated rings. The van der Waals surface area contributed by atoms with Gasteiger partial charge in [0.15, 0.2) is 11.6 Å². The first kappa shape index (κ1) is 13.5. The third-order valence-corrected chi connectivity index (χ3v) is 2.45. The zero-order chi connectivity index (χ0) is 14.5. The molecule has 0 spiro atoms. The normalized spacial score (nSPS) is 9.80. The molecule has 0 saturated carbocycles. The van der Waals surface area contributed by atoms with E-state index in [9.17, 15) is 9.18 Å². The fraction of sp³-hybridized carbons (Fsp3) is 0.0714. The molecule has 0 atom stereocenters. The van der Waals surface area contributed by atoms with E-state index in [0.717, 1.165) is 6.07 Å². The van der Waals surface area contributed by atoms with Gasteiger partial charge in [-0.15, -0.1) is 0 Å². The van der Waals surface area contributed by atoms with Crippen molar-refractivity contribution in [1.82, 2.24) is 4.98 Å². The number of nitriles is 1. The van der Waals surface area contributed by atoms with Gasteiger partial charge in [-0.25, -0.2) is 9.37 Å². The van der Waals surface area contributed by atoms with Crippen molar-refractivity contribution in [3.63, 3.8) is 0 Å². The number of carboxylic acid groups (broad SMARTS) is 1.